The van der Waals surface area contributed by atoms with Crippen LogP contribution in [-0.2, 0) is 19.5 Å². The van der Waals surface area contributed by atoms with E-state index in [0.29, 0.717) is 26.1 Å². The van der Waals surface area contributed by atoms with Crippen molar-refractivity contribution >= 4 is 10.0 Å². The second-order valence-electron chi connectivity index (χ2n) is 4.18. The van der Waals surface area contributed by atoms with Crippen molar-refractivity contribution in [1.82, 2.24) is 4.31 Å². The molecule has 2 atom stereocenters. The fourth-order valence-corrected chi connectivity index (χ4v) is 3.52. The van der Waals surface area contributed by atoms with Gasteiger partial charge in [0, 0.05) is 27.3 Å². The summed E-state index contributed by atoms with van der Waals surface area (Å²) in [5.74, 6) is 0.150. The van der Waals surface area contributed by atoms with Crippen LogP contribution in [0.15, 0.2) is 0 Å². The SMILES string of the molecule is COC1CN(S(=O)(=O)CCCCN)CC1OC. The van der Waals surface area contributed by atoms with E-state index in [1.165, 1.54) is 4.31 Å². The standard InChI is InChI=1S/C10H22N2O4S/c1-15-9-7-12(8-10(9)16-2)17(13,14)6-4-3-5-11/h9-10H,3-8,11H2,1-2H3. The number of rotatable bonds is 7. The molecule has 1 aliphatic heterocycles. The molecule has 0 aliphatic carbocycles. The summed E-state index contributed by atoms with van der Waals surface area (Å²) < 4.78 is 35.9. The van der Waals surface area contributed by atoms with Crippen LogP contribution in [0.5, 0.6) is 0 Å². The van der Waals surface area contributed by atoms with Gasteiger partial charge in [-0.15, -0.1) is 0 Å². The average molecular weight is 266 g/mol. The molecule has 1 saturated heterocycles. The molecule has 1 aliphatic rings. The largest absolute Gasteiger partial charge is 0.377 e. The maximum Gasteiger partial charge on any atom is 0.214 e. The average Bonchev–Trinajstić information content (AvgIpc) is 2.73. The van der Waals surface area contributed by atoms with Crippen molar-refractivity contribution in [3.63, 3.8) is 0 Å². The van der Waals surface area contributed by atoms with Crippen molar-refractivity contribution in [2.24, 2.45) is 5.73 Å². The first-order valence-electron chi connectivity index (χ1n) is 5.78. The van der Waals surface area contributed by atoms with E-state index in [1.807, 2.05) is 0 Å². The molecule has 0 aromatic carbocycles. The molecule has 0 radical (unpaired) electrons. The van der Waals surface area contributed by atoms with Crippen LogP contribution in [0.4, 0.5) is 0 Å². The summed E-state index contributed by atoms with van der Waals surface area (Å²) in [6, 6.07) is 0. The normalized spacial score (nSPS) is 26.5. The van der Waals surface area contributed by atoms with Gasteiger partial charge in [-0.05, 0) is 19.4 Å². The van der Waals surface area contributed by atoms with Crippen LogP contribution >= 0.6 is 0 Å². The molecule has 1 rings (SSSR count). The van der Waals surface area contributed by atoms with Gasteiger partial charge in [0.05, 0.1) is 18.0 Å². The molecule has 0 aromatic rings. The van der Waals surface area contributed by atoms with Crippen molar-refractivity contribution < 1.29 is 17.9 Å². The molecular weight excluding hydrogens is 244 g/mol. The van der Waals surface area contributed by atoms with E-state index in [2.05, 4.69) is 0 Å². The first-order chi connectivity index (χ1) is 8.05. The van der Waals surface area contributed by atoms with Crippen LogP contribution in [0, 0.1) is 0 Å². The predicted molar refractivity (Wildman–Crippen MR) is 65.2 cm³/mol. The third-order valence-electron chi connectivity index (χ3n) is 3.04. The fourth-order valence-electron chi connectivity index (χ4n) is 1.95. The number of methoxy groups -OCH3 is 2. The van der Waals surface area contributed by atoms with Crippen LogP contribution in [0.1, 0.15) is 12.8 Å². The van der Waals surface area contributed by atoms with Gasteiger partial charge in [0.2, 0.25) is 10.0 Å². The monoisotopic (exact) mass is 266 g/mol. The highest BCUT2D eigenvalue weighted by atomic mass is 32.2. The van der Waals surface area contributed by atoms with E-state index in [-0.39, 0.29) is 18.0 Å². The van der Waals surface area contributed by atoms with Gasteiger partial charge in [-0.1, -0.05) is 0 Å². The molecule has 1 fully saturated rings. The summed E-state index contributed by atoms with van der Waals surface area (Å²) in [5, 5.41) is 0. The molecule has 102 valence electrons. The Kier molecular flexibility index (Phi) is 5.81. The van der Waals surface area contributed by atoms with Crippen LogP contribution < -0.4 is 5.73 Å². The van der Waals surface area contributed by atoms with Crippen LogP contribution in [0.25, 0.3) is 0 Å². The number of nitrogens with zero attached hydrogens (tertiary/aromatic N) is 1. The molecule has 7 heteroatoms. The van der Waals surface area contributed by atoms with E-state index in [0.717, 1.165) is 6.42 Å². The molecule has 6 nitrogen and oxygen atoms in total. The number of nitrogens with two attached hydrogens (primary N) is 1. The van der Waals surface area contributed by atoms with Gasteiger partial charge in [0.25, 0.3) is 0 Å². The molecular formula is C10H22N2O4S. The summed E-state index contributed by atoms with van der Waals surface area (Å²) >= 11 is 0. The molecule has 0 spiro atoms. The summed E-state index contributed by atoms with van der Waals surface area (Å²) in [4.78, 5) is 0. The van der Waals surface area contributed by atoms with Crippen molar-refractivity contribution in [3.05, 3.63) is 0 Å². The number of hydrogen-bond donors (Lipinski definition) is 1. The molecule has 0 saturated carbocycles. The zero-order chi connectivity index (χ0) is 12.9. The lowest BCUT2D eigenvalue weighted by atomic mass is 10.3. The number of unbranched alkanes of at least 4 members (excludes halogenated alkanes) is 1. The second kappa shape index (κ2) is 6.65. The fraction of sp³-hybridized carbons (Fsp3) is 1.00. The minimum atomic E-state index is -3.20. The highest BCUT2D eigenvalue weighted by Gasteiger charge is 2.38. The van der Waals surface area contributed by atoms with E-state index in [1.54, 1.807) is 14.2 Å². The molecule has 2 N–H and O–H groups in total. The molecule has 0 bridgehead atoms. The highest BCUT2D eigenvalue weighted by Crippen LogP contribution is 2.19. The van der Waals surface area contributed by atoms with Gasteiger partial charge in [0.1, 0.15) is 0 Å². The molecule has 0 amide bonds. The summed E-state index contributed by atoms with van der Waals surface area (Å²) in [6.07, 6.45) is 0.979. The molecule has 0 aromatic heterocycles. The van der Waals surface area contributed by atoms with E-state index < -0.39 is 10.0 Å². The zero-order valence-electron chi connectivity index (χ0n) is 10.5. The van der Waals surface area contributed by atoms with Crippen molar-refractivity contribution in [1.29, 1.82) is 0 Å². The van der Waals surface area contributed by atoms with Gasteiger partial charge >= 0.3 is 0 Å². The Morgan fingerprint density at radius 3 is 2.12 bits per heavy atom. The Hall–Kier alpha value is -0.210. The van der Waals surface area contributed by atoms with Crippen molar-refractivity contribution in [2.75, 3.05) is 39.6 Å². The molecule has 2 unspecified atom stereocenters. The Balaban J connectivity index is 2.56. The maximum atomic E-state index is 12.0. The highest BCUT2D eigenvalue weighted by molar-refractivity contribution is 7.89. The number of hydrogen-bond acceptors (Lipinski definition) is 5. The van der Waals surface area contributed by atoms with Gasteiger partial charge in [-0.25, -0.2) is 8.42 Å². The minimum absolute atomic E-state index is 0.150. The first kappa shape index (κ1) is 14.8. The predicted octanol–water partition coefficient (Wildman–Crippen LogP) is -0.599. The second-order valence-corrected chi connectivity index (χ2v) is 6.27. The Bertz CT molecular complexity index is 308. The van der Waals surface area contributed by atoms with Gasteiger partial charge in [0.15, 0.2) is 0 Å². The van der Waals surface area contributed by atoms with Crippen LogP contribution in [0.2, 0.25) is 0 Å². The minimum Gasteiger partial charge on any atom is -0.377 e. The van der Waals surface area contributed by atoms with Gasteiger partial charge in [-0.3, -0.25) is 0 Å². The van der Waals surface area contributed by atoms with Gasteiger partial charge in [-0.2, -0.15) is 4.31 Å². The van der Waals surface area contributed by atoms with Gasteiger partial charge < -0.3 is 15.2 Å². The lowest BCUT2D eigenvalue weighted by Crippen LogP contribution is -2.32. The first-order valence-corrected chi connectivity index (χ1v) is 7.39. The summed E-state index contributed by atoms with van der Waals surface area (Å²) in [5.41, 5.74) is 5.35. The number of ether oxygens (including phenoxy) is 2. The molecule has 17 heavy (non-hydrogen) atoms. The quantitative estimate of drug-likeness (QED) is 0.622. The number of sulfonamides is 1. The smallest absolute Gasteiger partial charge is 0.214 e. The van der Waals surface area contributed by atoms with Crippen molar-refractivity contribution in [3.8, 4) is 0 Å². The Morgan fingerprint density at radius 2 is 1.71 bits per heavy atom. The third-order valence-corrected chi connectivity index (χ3v) is 4.93. The van der Waals surface area contributed by atoms with Crippen LogP contribution in [0.3, 0.4) is 0 Å². The maximum absolute atomic E-state index is 12.0. The lowest BCUT2D eigenvalue weighted by Gasteiger charge is -2.15. The topological polar surface area (TPSA) is 81.9 Å². The third kappa shape index (κ3) is 3.89. The molecule has 1 heterocycles. The summed E-state index contributed by atoms with van der Waals surface area (Å²) in [7, 11) is -0.0592. The summed E-state index contributed by atoms with van der Waals surface area (Å²) in [6.45, 7) is 1.27. The van der Waals surface area contributed by atoms with E-state index in [4.69, 9.17) is 15.2 Å². The zero-order valence-corrected chi connectivity index (χ0v) is 11.3. The van der Waals surface area contributed by atoms with E-state index >= 15 is 0 Å². The van der Waals surface area contributed by atoms with Crippen molar-refractivity contribution in [2.45, 2.75) is 25.0 Å². The lowest BCUT2D eigenvalue weighted by molar-refractivity contribution is -0.00461. The van der Waals surface area contributed by atoms with Crippen LogP contribution in [-0.4, -0.2) is 64.5 Å². The Labute approximate surface area is 103 Å². The Morgan fingerprint density at radius 1 is 1.18 bits per heavy atom. The van der Waals surface area contributed by atoms with E-state index in [9.17, 15) is 8.42 Å².